The predicted octanol–water partition coefficient (Wildman–Crippen LogP) is 2.43. The maximum atomic E-state index is 13.5. The largest absolute Gasteiger partial charge is 0.348 e. The number of para-hydroxylation sites is 1. The van der Waals surface area contributed by atoms with Gasteiger partial charge in [0.15, 0.2) is 0 Å². The molecule has 1 aromatic heterocycles. The average molecular weight is 206 g/mol. The summed E-state index contributed by atoms with van der Waals surface area (Å²) in [7, 11) is 1.88. The smallest absolute Gasteiger partial charge is 0.147 e. The van der Waals surface area contributed by atoms with Gasteiger partial charge >= 0.3 is 0 Å². The van der Waals surface area contributed by atoms with Crippen molar-refractivity contribution in [2.45, 2.75) is 13.5 Å². The number of aromatic nitrogens is 1. The molecule has 0 spiro atoms. The maximum Gasteiger partial charge on any atom is 0.147 e. The third kappa shape index (κ3) is 1.75. The molecule has 2 aromatic rings. The molecule has 2 rings (SSSR count). The highest BCUT2D eigenvalue weighted by atomic mass is 19.1. The molecule has 80 valence electrons. The van der Waals surface area contributed by atoms with E-state index in [0.29, 0.717) is 5.52 Å². The van der Waals surface area contributed by atoms with E-state index in [1.54, 1.807) is 6.07 Å². The number of aryl methyl sites for hydroxylation is 1. The summed E-state index contributed by atoms with van der Waals surface area (Å²) in [6.07, 6.45) is 1.98. The molecule has 15 heavy (non-hydrogen) atoms. The van der Waals surface area contributed by atoms with Crippen molar-refractivity contribution in [3.05, 3.63) is 35.8 Å². The van der Waals surface area contributed by atoms with Crippen LogP contribution >= 0.6 is 0 Å². The Balaban J connectivity index is 2.53. The van der Waals surface area contributed by atoms with Gasteiger partial charge < -0.3 is 9.88 Å². The van der Waals surface area contributed by atoms with Crippen LogP contribution in [0.1, 0.15) is 12.5 Å². The summed E-state index contributed by atoms with van der Waals surface area (Å²) in [6, 6.07) is 5.22. The van der Waals surface area contributed by atoms with Gasteiger partial charge in [0, 0.05) is 25.2 Å². The van der Waals surface area contributed by atoms with E-state index in [1.165, 1.54) is 6.07 Å². The molecule has 0 saturated carbocycles. The van der Waals surface area contributed by atoms with E-state index < -0.39 is 0 Å². The lowest BCUT2D eigenvalue weighted by Gasteiger charge is -1.99. The Morgan fingerprint density at radius 1 is 1.40 bits per heavy atom. The van der Waals surface area contributed by atoms with Crippen LogP contribution in [0.2, 0.25) is 0 Å². The van der Waals surface area contributed by atoms with E-state index in [4.69, 9.17) is 0 Å². The van der Waals surface area contributed by atoms with Crippen molar-refractivity contribution in [1.82, 2.24) is 9.88 Å². The zero-order valence-electron chi connectivity index (χ0n) is 9.05. The van der Waals surface area contributed by atoms with Gasteiger partial charge in [0.1, 0.15) is 5.82 Å². The zero-order valence-corrected chi connectivity index (χ0v) is 9.05. The third-order valence-corrected chi connectivity index (χ3v) is 2.60. The van der Waals surface area contributed by atoms with Crippen LogP contribution < -0.4 is 5.32 Å². The molecule has 1 heterocycles. The molecule has 0 saturated heterocycles. The van der Waals surface area contributed by atoms with Gasteiger partial charge in [0.25, 0.3) is 0 Å². The van der Waals surface area contributed by atoms with Crippen molar-refractivity contribution >= 4 is 10.9 Å². The van der Waals surface area contributed by atoms with E-state index >= 15 is 0 Å². The summed E-state index contributed by atoms with van der Waals surface area (Å²) in [5.74, 6) is -0.155. The van der Waals surface area contributed by atoms with Crippen LogP contribution in [0.4, 0.5) is 4.39 Å². The normalized spacial score (nSPS) is 11.1. The molecule has 0 amide bonds. The Bertz CT molecular complexity index is 474. The van der Waals surface area contributed by atoms with Crippen LogP contribution in [-0.2, 0) is 13.6 Å². The van der Waals surface area contributed by atoms with Gasteiger partial charge in [-0.25, -0.2) is 4.39 Å². The highest BCUT2D eigenvalue weighted by Crippen LogP contribution is 2.22. The average Bonchev–Trinajstić information content (AvgIpc) is 2.54. The number of benzene rings is 1. The molecule has 0 aliphatic carbocycles. The number of nitrogens with one attached hydrogen (secondary N) is 1. The number of nitrogens with zero attached hydrogens (tertiary/aromatic N) is 1. The Morgan fingerprint density at radius 3 is 2.93 bits per heavy atom. The SMILES string of the molecule is CCNCc1cn(C)c2c(F)cccc12. The highest BCUT2D eigenvalue weighted by molar-refractivity contribution is 5.84. The molecule has 1 N–H and O–H groups in total. The first-order chi connectivity index (χ1) is 7.24. The molecule has 0 atom stereocenters. The monoisotopic (exact) mass is 206 g/mol. The fraction of sp³-hybridized carbons (Fsp3) is 0.333. The van der Waals surface area contributed by atoms with Crippen LogP contribution in [0.5, 0.6) is 0 Å². The number of fused-ring (bicyclic) bond motifs is 1. The summed E-state index contributed by atoms with van der Waals surface area (Å²) < 4.78 is 15.4. The van der Waals surface area contributed by atoms with E-state index in [9.17, 15) is 4.39 Å². The van der Waals surface area contributed by atoms with Gasteiger partial charge in [0.05, 0.1) is 5.52 Å². The summed E-state index contributed by atoms with van der Waals surface area (Å²) in [6.45, 7) is 3.77. The van der Waals surface area contributed by atoms with Gasteiger partial charge in [-0.15, -0.1) is 0 Å². The highest BCUT2D eigenvalue weighted by Gasteiger charge is 2.09. The molecule has 2 nitrogen and oxygen atoms in total. The molecule has 0 aliphatic heterocycles. The molecular formula is C12H15FN2. The molecule has 0 aliphatic rings. The minimum Gasteiger partial charge on any atom is -0.348 e. The van der Waals surface area contributed by atoms with E-state index in [2.05, 4.69) is 12.2 Å². The van der Waals surface area contributed by atoms with Crippen LogP contribution in [0, 0.1) is 5.82 Å². The van der Waals surface area contributed by atoms with Crippen molar-refractivity contribution < 1.29 is 4.39 Å². The fourth-order valence-corrected chi connectivity index (χ4v) is 1.90. The summed E-state index contributed by atoms with van der Waals surface area (Å²) in [5, 5.41) is 4.25. The molecule has 0 unspecified atom stereocenters. The second kappa shape index (κ2) is 4.03. The van der Waals surface area contributed by atoms with Crippen LogP contribution in [-0.4, -0.2) is 11.1 Å². The molecule has 1 aromatic carbocycles. The Morgan fingerprint density at radius 2 is 2.20 bits per heavy atom. The first-order valence-corrected chi connectivity index (χ1v) is 5.17. The van der Waals surface area contributed by atoms with E-state index in [1.807, 2.05) is 23.9 Å². The zero-order chi connectivity index (χ0) is 10.8. The second-order valence-corrected chi connectivity index (χ2v) is 3.68. The van der Waals surface area contributed by atoms with Gasteiger partial charge in [-0.05, 0) is 18.2 Å². The van der Waals surface area contributed by atoms with Gasteiger partial charge in [-0.1, -0.05) is 19.1 Å². The van der Waals surface area contributed by atoms with Crippen molar-refractivity contribution in [2.75, 3.05) is 6.54 Å². The van der Waals surface area contributed by atoms with Gasteiger partial charge in [-0.2, -0.15) is 0 Å². The topological polar surface area (TPSA) is 17.0 Å². The Labute approximate surface area is 88.7 Å². The van der Waals surface area contributed by atoms with E-state index in [0.717, 1.165) is 24.0 Å². The quantitative estimate of drug-likeness (QED) is 0.816. The van der Waals surface area contributed by atoms with Crippen molar-refractivity contribution in [3.63, 3.8) is 0 Å². The minimum atomic E-state index is -0.155. The molecule has 0 fully saturated rings. The van der Waals surface area contributed by atoms with Crippen LogP contribution in [0.3, 0.4) is 0 Å². The van der Waals surface area contributed by atoms with Crippen molar-refractivity contribution in [1.29, 1.82) is 0 Å². The standard InChI is InChI=1S/C12H15FN2/c1-3-14-7-9-8-15(2)12-10(9)5-4-6-11(12)13/h4-6,8,14H,3,7H2,1-2H3. The first kappa shape index (κ1) is 10.2. The lowest BCUT2D eigenvalue weighted by Crippen LogP contribution is -2.11. The van der Waals surface area contributed by atoms with Crippen LogP contribution in [0.25, 0.3) is 10.9 Å². The van der Waals surface area contributed by atoms with E-state index in [-0.39, 0.29) is 5.82 Å². The predicted molar refractivity (Wildman–Crippen MR) is 60.3 cm³/mol. The molecule has 0 bridgehead atoms. The van der Waals surface area contributed by atoms with Gasteiger partial charge in [-0.3, -0.25) is 0 Å². The summed E-state index contributed by atoms with van der Waals surface area (Å²) in [4.78, 5) is 0. The Hall–Kier alpha value is -1.35. The van der Waals surface area contributed by atoms with Crippen molar-refractivity contribution in [2.24, 2.45) is 7.05 Å². The fourth-order valence-electron chi connectivity index (χ4n) is 1.90. The number of hydrogen-bond donors (Lipinski definition) is 1. The number of hydrogen-bond acceptors (Lipinski definition) is 1. The van der Waals surface area contributed by atoms with Crippen LogP contribution in [0.15, 0.2) is 24.4 Å². The van der Waals surface area contributed by atoms with Crippen molar-refractivity contribution in [3.8, 4) is 0 Å². The second-order valence-electron chi connectivity index (χ2n) is 3.68. The van der Waals surface area contributed by atoms with Gasteiger partial charge in [0.2, 0.25) is 0 Å². The minimum absolute atomic E-state index is 0.155. The third-order valence-electron chi connectivity index (χ3n) is 2.60. The lowest BCUT2D eigenvalue weighted by atomic mass is 10.1. The Kier molecular flexibility index (Phi) is 2.73. The molecular weight excluding hydrogens is 191 g/mol. The summed E-state index contributed by atoms with van der Waals surface area (Å²) in [5.41, 5.74) is 1.83. The molecule has 0 radical (unpaired) electrons. The maximum absolute atomic E-state index is 13.5. The summed E-state index contributed by atoms with van der Waals surface area (Å²) >= 11 is 0. The number of halogens is 1. The molecule has 3 heteroatoms. The first-order valence-electron chi connectivity index (χ1n) is 5.17. The lowest BCUT2D eigenvalue weighted by molar-refractivity contribution is 0.632. The number of rotatable bonds is 3.